The minimum atomic E-state index is -0.240. The molecule has 162 valence electrons. The van der Waals surface area contributed by atoms with Crippen LogP contribution in [0.3, 0.4) is 0 Å². The number of carbonyl (C=O) groups is 1. The molecule has 0 spiro atoms. The van der Waals surface area contributed by atoms with Crippen molar-refractivity contribution in [3.63, 3.8) is 0 Å². The van der Waals surface area contributed by atoms with Crippen LogP contribution >= 0.6 is 0 Å². The summed E-state index contributed by atoms with van der Waals surface area (Å²) in [7, 11) is 0. The van der Waals surface area contributed by atoms with Crippen molar-refractivity contribution in [3.05, 3.63) is 81.7 Å². The van der Waals surface area contributed by atoms with Crippen molar-refractivity contribution in [1.29, 1.82) is 5.26 Å². The number of fused-ring (bicyclic) bond motifs is 1. The van der Waals surface area contributed by atoms with Crippen LogP contribution in [-0.2, 0) is 22.6 Å². The van der Waals surface area contributed by atoms with E-state index < -0.39 is 0 Å². The van der Waals surface area contributed by atoms with Crippen molar-refractivity contribution < 1.29 is 14.3 Å². The van der Waals surface area contributed by atoms with Crippen molar-refractivity contribution >= 4 is 5.97 Å². The number of aromatic nitrogens is 2. The Morgan fingerprint density at radius 3 is 2.94 bits per heavy atom. The number of benzene rings is 2. The predicted octanol–water partition coefficient (Wildman–Crippen LogP) is 3.60. The molecule has 3 heterocycles. The maximum atomic E-state index is 11.8. The number of hydrogen-bond acceptors (Lipinski definition) is 6. The third-order valence-corrected chi connectivity index (χ3v) is 6.34. The average Bonchev–Trinajstić information content (AvgIpc) is 3.41. The van der Waals surface area contributed by atoms with Gasteiger partial charge in [-0.25, -0.2) is 9.48 Å². The third-order valence-electron chi connectivity index (χ3n) is 6.34. The molecule has 2 aromatic carbocycles. The van der Waals surface area contributed by atoms with Gasteiger partial charge in [-0.3, -0.25) is 4.90 Å². The second-order valence-electron chi connectivity index (χ2n) is 8.38. The Balaban J connectivity index is 1.30. The van der Waals surface area contributed by atoms with Gasteiger partial charge in [0.2, 0.25) is 0 Å². The zero-order valence-corrected chi connectivity index (χ0v) is 18.2. The smallest absolute Gasteiger partial charge is 0.338 e. The van der Waals surface area contributed by atoms with E-state index in [1.807, 2.05) is 61.3 Å². The number of hydrogen-bond donors (Lipinski definition) is 0. The zero-order valence-electron chi connectivity index (χ0n) is 18.2. The maximum Gasteiger partial charge on any atom is 0.338 e. The number of carbonyl (C=O) groups excluding carboxylic acids is 1. The number of rotatable bonds is 4. The fraction of sp³-hybridized carbons (Fsp3) is 0.320. The van der Waals surface area contributed by atoms with E-state index in [0.717, 1.165) is 53.1 Å². The summed E-state index contributed by atoms with van der Waals surface area (Å²) in [5.74, 6) is -0.240. The van der Waals surface area contributed by atoms with Gasteiger partial charge in [0.05, 0.1) is 41.8 Å². The third kappa shape index (κ3) is 3.68. The van der Waals surface area contributed by atoms with E-state index in [2.05, 4.69) is 16.1 Å². The molecule has 7 heteroatoms. The van der Waals surface area contributed by atoms with Crippen molar-refractivity contribution in [2.24, 2.45) is 0 Å². The van der Waals surface area contributed by atoms with Gasteiger partial charge in [-0.2, -0.15) is 10.4 Å². The van der Waals surface area contributed by atoms with Crippen molar-refractivity contribution in [1.82, 2.24) is 14.7 Å². The zero-order chi connectivity index (χ0) is 22.2. The number of cyclic esters (lactones) is 1. The molecular weight excluding hydrogens is 404 g/mol. The number of morpholine rings is 1. The van der Waals surface area contributed by atoms with Gasteiger partial charge in [0.15, 0.2) is 0 Å². The topological polar surface area (TPSA) is 80.4 Å². The van der Waals surface area contributed by atoms with Gasteiger partial charge in [0.1, 0.15) is 6.61 Å². The average molecular weight is 428 g/mol. The standard InChI is InChI=1S/C25H24N4O3/c1-16-9-20(4-3-19(16)10-26)29-13-18(11-27-29)12-28-7-8-31-24(14-28)21-5-6-22-23(17(21)2)15-32-25(22)30/h3-6,9,11,13,24H,7-8,12,14-15H2,1-2H3/t24-/m1/s1. The molecule has 32 heavy (non-hydrogen) atoms. The summed E-state index contributed by atoms with van der Waals surface area (Å²) in [6.07, 6.45) is 3.89. The van der Waals surface area contributed by atoms with E-state index in [-0.39, 0.29) is 12.1 Å². The molecule has 0 radical (unpaired) electrons. The molecule has 5 rings (SSSR count). The van der Waals surface area contributed by atoms with Crippen molar-refractivity contribution in [2.75, 3.05) is 19.7 Å². The summed E-state index contributed by atoms with van der Waals surface area (Å²) in [4.78, 5) is 14.2. The lowest BCUT2D eigenvalue weighted by Gasteiger charge is -2.33. The van der Waals surface area contributed by atoms with Crippen molar-refractivity contribution in [2.45, 2.75) is 33.1 Å². The molecule has 2 aliphatic rings. The Morgan fingerprint density at radius 2 is 2.12 bits per heavy atom. The van der Waals surface area contributed by atoms with Crippen LogP contribution in [-0.4, -0.2) is 40.3 Å². The molecule has 0 amide bonds. The van der Waals surface area contributed by atoms with Crippen molar-refractivity contribution in [3.8, 4) is 11.8 Å². The predicted molar refractivity (Wildman–Crippen MR) is 117 cm³/mol. The number of ether oxygens (including phenoxy) is 2. The Labute approximate surface area is 186 Å². The van der Waals surface area contributed by atoms with Gasteiger partial charge in [0, 0.05) is 37.0 Å². The van der Waals surface area contributed by atoms with E-state index >= 15 is 0 Å². The molecule has 1 atom stereocenters. The fourth-order valence-electron chi connectivity index (χ4n) is 4.51. The molecule has 3 aromatic rings. The molecule has 0 aliphatic carbocycles. The first-order chi connectivity index (χ1) is 15.5. The van der Waals surface area contributed by atoms with Gasteiger partial charge in [-0.15, -0.1) is 0 Å². The minimum absolute atomic E-state index is 0.0408. The molecule has 0 bridgehead atoms. The first-order valence-corrected chi connectivity index (χ1v) is 10.7. The monoisotopic (exact) mass is 428 g/mol. The fourth-order valence-corrected chi connectivity index (χ4v) is 4.51. The first kappa shape index (κ1) is 20.4. The van der Waals surface area contributed by atoms with Crippen LogP contribution < -0.4 is 0 Å². The lowest BCUT2D eigenvalue weighted by Crippen LogP contribution is -2.38. The lowest BCUT2D eigenvalue weighted by atomic mass is 9.94. The Bertz CT molecular complexity index is 1240. The molecule has 7 nitrogen and oxygen atoms in total. The second kappa shape index (κ2) is 8.23. The molecule has 1 fully saturated rings. The van der Waals surface area contributed by atoms with Crippen LogP contribution in [0.5, 0.6) is 0 Å². The van der Waals surface area contributed by atoms with E-state index in [9.17, 15) is 4.79 Å². The van der Waals surface area contributed by atoms with Crippen LogP contribution in [0.25, 0.3) is 5.69 Å². The highest BCUT2D eigenvalue weighted by Crippen LogP contribution is 2.32. The molecule has 1 aromatic heterocycles. The summed E-state index contributed by atoms with van der Waals surface area (Å²) >= 11 is 0. The first-order valence-electron chi connectivity index (χ1n) is 10.7. The highest BCUT2D eigenvalue weighted by atomic mass is 16.5. The van der Waals surface area contributed by atoms with Gasteiger partial charge < -0.3 is 9.47 Å². The van der Waals surface area contributed by atoms with E-state index in [0.29, 0.717) is 24.3 Å². The van der Waals surface area contributed by atoms with Crippen LogP contribution in [0.4, 0.5) is 0 Å². The van der Waals surface area contributed by atoms with E-state index in [1.165, 1.54) is 0 Å². The molecule has 1 saturated heterocycles. The van der Waals surface area contributed by atoms with E-state index in [4.69, 9.17) is 14.7 Å². The molecule has 0 saturated carbocycles. The summed E-state index contributed by atoms with van der Waals surface area (Å²) in [5.41, 5.74) is 7.54. The molecule has 0 N–H and O–H groups in total. The summed E-state index contributed by atoms with van der Waals surface area (Å²) < 4.78 is 13.1. The van der Waals surface area contributed by atoms with Crippen LogP contribution in [0, 0.1) is 25.2 Å². The van der Waals surface area contributed by atoms with E-state index in [1.54, 1.807) is 0 Å². The quantitative estimate of drug-likeness (QED) is 0.591. The highest BCUT2D eigenvalue weighted by Gasteiger charge is 2.29. The SMILES string of the molecule is Cc1cc(-n2cc(CN3CCO[C@@H](c4ccc5c(c4C)COC5=O)C3)cn2)ccc1C#N. The Morgan fingerprint density at radius 1 is 1.25 bits per heavy atom. The Hall–Kier alpha value is -3.47. The number of nitrogens with zero attached hydrogens (tertiary/aromatic N) is 4. The normalized spacial score (nSPS) is 18.3. The lowest BCUT2D eigenvalue weighted by molar-refractivity contribution is -0.0332. The van der Waals surface area contributed by atoms with Gasteiger partial charge in [0.25, 0.3) is 0 Å². The van der Waals surface area contributed by atoms with Crippen LogP contribution in [0.15, 0.2) is 42.7 Å². The second-order valence-corrected chi connectivity index (χ2v) is 8.38. The molecule has 0 unspecified atom stereocenters. The summed E-state index contributed by atoms with van der Waals surface area (Å²) in [6.45, 7) is 7.38. The number of nitriles is 1. The Kier molecular flexibility index (Phi) is 5.25. The summed E-state index contributed by atoms with van der Waals surface area (Å²) in [6, 6.07) is 11.8. The molecule has 2 aliphatic heterocycles. The van der Waals surface area contributed by atoms with Gasteiger partial charge in [-0.1, -0.05) is 6.07 Å². The van der Waals surface area contributed by atoms with Crippen LogP contribution in [0.2, 0.25) is 0 Å². The highest BCUT2D eigenvalue weighted by molar-refractivity contribution is 5.93. The van der Waals surface area contributed by atoms with Gasteiger partial charge in [-0.05, 0) is 54.8 Å². The molecular formula is C25H24N4O3. The summed E-state index contributed by atoms with van der Waals surface area (Å²) in [5, 5.41) is 13.7. The maximum absolute atomic E-state index is 11.8. The number of esters is 1. The largest absolute Gasteiger partial charge is 0.457 e. The van der Waals surface area contributed by atoms with Gasteiger partial charge >= 0.3 is 5.97 Å². The van der Waals surface area contributed by atoms with Crippen LogP contribution in [0.1, 0.15) is 49.8 Å². The minimum Gasteiger partial charge on any atom is -0.457 e. The number of aryl methyl sites for hydroxylation is 1.